The molecule has 1 heterocycles. The monoisotopic (exact) mass is 279 g/mol. The highest BCUT2D eigenvalue weighted by atomic mass is 32.1. The molecule has 19 heavy (non-hydrogen) atoms. The SMILES string of the molecule is CCOC(=O)Cc1csc(Cc2cccc(F)c2)n1. The molecule has 0 aliphatic heterocycles. The van der Waals surface area contributed by atoms with E-state index in [0.29, 0.717) is 18.7 Å². The zero-order valence-corrected chi connectivity index (χ0v) is 11.4. The second-order valence-corrected chi connectivity index (χ2v) is 4.96. The second-order valence-electron chi connectivity index (χ2n) is 4.02. The van der Waals surface area contributed by atoms with Crippen molar-refractivity contribution in [3.8, 4) is 0 Å². The molecule has 0 radical (unpaired) electrons. The lowest BCUT2D eigenvalue weighted by Crippen LogP contribution is -2.07. The van der Waals surface area contributed by atoms with Crippen LogP contribution in [0, 0.1) is 5.82 Å². The summed E-state index contributed by atoms with van der Waals surface area (Å²) in [6.07, 6.45) is 0.763. The molecule has 0 atom stereocenters. The molecule has 0 saturated carbocycles. The maximum absolute atomic E-state index is 13.1. The second kappa shape index (κ2) is 6.43. The minimum absolute atomic E-state index is 0.188. The summed E-state index contributed by atoms with van der Waals surface area (Å²) < 4.78 is 17.9. The van der Waals surface area contributed by atoms with Gasteiger partial charge in [0, 0.05) is 11.8 Å². The van der Waals surface area contributed by atoms with Crippen molar-refractivity contribution in [1.29, 1.82) is 0 Å². The van der Waals surface area contributed by atoms with Gasteiger partial charge >= 0.3 is 5.97 Å². The Bertz CT molecular complexity index is 568. The fourth-order valence-electron chi connectivity index (χ4n) is 1.69. The molecule has 5 heteroatoms. The Morgan fingerprint density at radius 2 is 2.32 bits per heavy atom. The van der Waals surface area contributed by atoms with E-state index in [0.717, 1.165) is 10.6 Å². The van der Waals surface area contributed by atoms with Crippen molar-refractivity contribution in [1.82, 2.24) is 4.98 Å². The van der Waals surface area contributed by atoms with Crippen LogP contribution in [-0.2, 0) is 22.4 Å². The Morgan fingerprint density at radius 1 is 1.47 bits per heavy atom. The van der Waals surface area contributed by atoms with E-state index in [4.69, 9.17) is 4.74 Å². The fourth-order valence-corrected chi connectivity index (χ4v) is 2.52. The van der Waals surface area contributed by atoms with E-state index >= 15 is 0 Å². The molecule has 3 nitrogen and oxygen atoms in total. The van der Waals surface area contributed by atoms with Crippen molar-refractivity contribution in [2.24, 2.45) is 0 Å². The number of aromatic nitrogens is 1. The summed E-state index contributed by atoms with van der Waals surface area (Å²) in [4.78, 5) is 15.7. The summed E-state index contributed by atoms with van der Waals surface area (Å²) in [7, 11) is 0. The number of halogens is 1. The number of rotatable bonds is 5. The Kier molecular flexibility index (Phi) is 4.63. The van der Waals surface area contributed by atoms with Gasteiger partial charge in [-0.1, -0.05) is 12.1 Å². The first-order valence-electron chi connectivity index (χ1n) is 6.00. The number of nitrogens with zero attached hydrogens (tertiary/aromatic N) is 1. The molecule has 0 bridgehead atoms. The number of ether oxygens (including phenoxy) is 1. The normalized spacial score (nSPS) is 10.4. The van der Waals surface area contributed by atoms with Crippen molar-refractivity contribution in [3.63, 3.8) is 0 Å². The van der Waals surface area contributed by atoms with E-state index in [9.17, 15) is 9.18 Å². The van der Waals surface area contributed by atoms with Crippen molar-refractivity contribution >= 4 is 17.3 Å². The quantitative estimate of drug-likeness (QED) is 0.790. The van der Waals surface area contributed by atoms with Gasteiger partial charge in [-0.2, -0.15) is 0 Å². The predicted molar refractivity (Wildman–Crippen MR) is 71.7 cm³/mol. The molecule has 0 spiro atoms. The Hall–Kier alpha value is -1.75. The fraction of sp³-hybridized carbons (Fsp3) is 0.286. The lowest BCUT2D eigenvalue weighted by atomic mass is 10.1. The maximum atomic E-state index is 13.1. The minimum Gasteiger partial charge on any atom is -0.466 e. The Labute approximate surface area is 115 Å². The molecule has 1 aromatic carbocycles. The molecule has 2 aromatic rings. The van der Waals surface area contributed by atoms with Gasteiger partial charge in [0.1, 0.15) is 5.82 Å². The number of thiazole rings is 1. The maximum Gasteiger partial charge on any atom is 0.311 e. The largest absolute Gasteiger partial charge is 0.466 e. The van der Waals surface area contributed by atoms with Gasteiger partial charge in [0.25, 0.3) is 0 Å². The van der Waals surface area contributed by atoms with Gasteiger partial charge in [-0.15, -0.1) is 11.3 Å². The average Bonchev–Trinajstić information content (AvgIpc) is 2.76. The highest BCUT2D eigenvalue weighted by molar-refractivity contribution is 7.09. The first-order valence-corrected chi connectivity index (χ1v) is 6.88. The number of carbonyl (C=O) groups is 1. The number of carbonyl (C=O) groups excluding carboxylic acids is 1. The van der Waals surface area contributed by atoms with E-state index in [2.05, 4.69) is 4.98 Å². The van der Waals surface area contributed by atoms with E-state index in [1.807, 2.05) is 11.4 Å². The van der Waals surface area contributed by atoms with Gasteiger partial charge < -0.3 is 4.74 Å². The first-order chi connectivity index (χ1) is 9.17. The standard InChI is InChI=1S/C14H14FNO2S/c1-2-18-14(17)8-12-9-19-13(16-12)7-10-4-3-5-11(15)6-10/h3-6,9H,2,7-8H2,1H3. The van der Waals surface area contributed by atoms with Gasteiger partial charge in [-0.25, -0.2) is 9.37 Å². The summed E-state index contributed by atoms with van der Waals surface area (Å²) in [5.74, 6) is -0.522. The van der Waals surface area contributed by atoms with E-state index in [1.165, 1.54) is 23.5 Å². The summed E-state index contributed by atoms with van der Waals surface area (Å²) in [6, 6.07) is 6.44. The van der Waals surface area contributed by atoms with Crippen molar-refractivity contribution in [2.75, 3.05) is 6.61 Å². The molecule has 1 aromatic heterocycles. The topological polar surface area (TPSA) is 39.2 Å². The van der Waals surface area contributed by atoms with Crippen LogP contribution in [0.4, 0.5) is 4.39 Å². The number of hydrogen-bond acceptors (Lipinski definition) is 4. The molecule has 0 unspecified atom stereocenters. The van der Waals surface area contributed by atoms with Crippen LogP contribution in [0.25, 0.3) is 0 Å². The van der Waals surface area contributed by atoms with Crippen LogP contribution in [-0.4, -0.2) is 17.6 Å². The van der Waals surface area contributed by atoms with Gasteiger partial charge in [0.2, 0.25) is 0 Å². The molecule has 0 aliphatic carbocycles. The molecular weight excluding hydrogens is 265 g/mol. The summed E-state index contributed by atoms with van der Waals surface area (Å²) in [6.45, 7) is 2.15. The zero-order valence-electron chi connectivity index (χ0n) is 10.6. The molecule has 0 aliphatic rings. The molecule has 2 rings (SSSR count). The van der Waals surface area contributed by atoms with Crippen LogP contribution in [0.2, 0.25) is 0 Å². The number of hydrogen-bond donors (Lipinski definition) is 0. The minimum atomic E-state index is -0.273. The third-order valence-electron chi connectivity index (χ3n) is 2.47. The first kappa shape index (κ1) is 13.7. The van der Waals surface area contributed by atoms with Crippen LogP contribution < -0.4 is 0 Å². The molecule has 0 fully saturated rings. The van der Waals surface area contributed by atoms with Gasteiger partial charge in [-0.05, 0) is 24.6 Å². The Morgan fingerprint density at radius 3 is 3.05 bits per heavy atom. The molecule has 100 valence electrons. The Balaban J connectivity index is 1.99. The van der Waals surface area contributed by atoms with Gasteiger partial charge in [-0.3, -0.25) is 4.79 Å². The van der Waals surface area contributed by atoms with E-state index < -0.39 is 0 Å². The smallest absolute Gasteiger partial charge is 0.311 e. The molecule has 0 amide bonds. The van der Waals surface area contributed by atoms with E-state index in [-0.39, 0.29) is 18.2 Å². The van der Waals surface area contributed by atoms with Crippen LogP contribution in [0.3, 0.4) is 0 Å². The third kappa shape index (κ3) is 4.13. The lowest BCUT2D eigenvalue weighted by molar-refractivity contribution is -0.142. The summed E-state index contributed by atoms with van der Waals surface area (Å²) in [5.41, 5.74) is 1.58. The molecule has 0 N–H and O–H groups in total. The molecular formula is C14H14FNO2S. The zero-order chi connectivity index (χ0) is 13.7. The third-order valence-corrected chi connectivity index (χ3v) is 3.37. The van der Waals surface area contributed by atoms with Crippen LogP contribution in [0.15, 0.2) is 29.6 Å². The van der Waals surface area contributed by atoms with Crippen molar-refractivity contribution in [3.05, 3.63) is 51.7 Å². The predicted octanol–water partition coefficient (Wildman–Crippen LogP) is 2.98. The average molecular weight is 279 g/mol. The van der Waals surface area contributed by atoms with Crippen LogP contribution >= 0.6 is 11.3 Å². The summed E-state index contributed by atoms with van der Waals surface area (Å²) >= 11 is 1.47. The highest BCUT2D eigenvalue weighted by Gasteiger charge is 2.09. The van der Waals surface area contributed by atoms with Crippen LogP contribution in [0.5, 0.6) is 0 Å². The number of benzene rings is 1. The van der Waals surface area contributed by atoms with Crippen molar-refractivity contribution in [2.45, 2.75) is 19.8 Å². The highest BCUT2D eigenvalue weighted by Crippen LogP contribution is 2.16. The summed E-state index contributed by atoms with van der Waals surface area (Å²) in [5, 5.41) is 2.70. The van der Waals surface area contributed by atoms with Gasteiger partial charge in [0.15, 0.2) is 0 Å². The van der Waals surface area contributed by atoms with Crippen molar-refractivity contribution < 1.29 is 13.9 Å². The van der Waals surface area contributed by atoms with E-state index in [1.54, 1.807) is 13.0 Å². The molecule has 0 saturated heterocycles. The van der Waals surface area contributed by atoms with Crippen LogP contribution in [0.1, 0.15) is 23.2 Å². The number of esters is 1. The lowest BCUT2D eigenvalue weighted by Gasteiger charge is -1.99. The van der Waals surface area contributed by atoms with Gasteiger partial charge in [0.05, 0.1) is 23.7 Å².